The van der Waals surface area contributed by atoms with Crippen molar-refractivity contribution in [2.75, 3.05) is 11.9 Å². The summed E-state index contributed by atoms with van der Waals surface area (Å²) in [7, 11) is 2.22. The Hall–Kier alpha value is -0.210. The Labute approximate surface area is 130 Å². The summed E-state index contributed by atoms with van der Waals surface area (Å²) in [4.78, 5) is 2.44. The van der Waals surface area contributed by atoms with E-state index in [-0.39, 0.29) is 0 Å². The Morgan fingerprint density at radius 1 is 1.26 bits per heavy atom. The van der Waals surface area contributed by atoms with Gasteiger partial charge in [0.15, 0.2) is 0 Å². The smallest absolute Gasteiger partial charge is 0.0510 e. The predicted octanol–water partition coefficient (Wildman–Crippen LogP) is 5.59. The number of rotatable bonds is 4. The summed E-state index contributed by atoms with van der Waals surface area (Å²) in [5.41, 5.74) is 2.45. The van der Waals surface area contributed by atoms with Crippen molar-refractivity contribution in [3.05, 3.63) is 28.2 Å². The standard InChI is InChI=1S/C16H23BrClN/c1-3-12-4-7-14(8-5-12)19(2)16-9-6-13(11-18)10-15(16)17/h6,9-10,12,14H,3-5,7-8,11H2,1-2H3. The lowest BCUT2D eigenvalue weighted by atomic mass is 9.84. The number of hydrogen-bond donors (Lipinski definition) is 0. The van der Waals surface area contributed by atoms with Gasteiger partial charge in [0.1, 0.15) is 0 Å². The molecule has 2 rings (SSSR count). The van der Waals surface area contributed by atoms with Crippen LogP contribution in [-0.2, 0) is 5.88 Å². The quantitative estimate of drug-likeness (QED) is 0.643. The lowest BCUT2D eigenvalue weighted by Gasteiger charge is -2.36. The maximum atomic E-state index is 5.88. The maximum absolute atomic E-state index is 5.88. The molecule has 1 fully saturated rings. The average molecular weight is 345 g/mol. The van der Waals surface area contributed by atoms with E-state index in [0.29, 0.717) is 11.9 Å². The second-order valence-electron chi connectivity index (χ2n) is 5.61. The molecule has 0 N–H and O–H groups in total. The minimum atomic E-state index is 0.574. The van der Waals surface area contributed by atoms with E-state index in [1.165, 1.54) is 43.4 Å². The first-order valence-corrected chi connectivity index (χ1v) is 8.55. The molecule has 1 aromatic carbocycles. The highest BCUT2D eigenvalue weighted by molar-refractivity contribution is 9.10. The molecule has 1 nitrogen and oxygen atoms in total. The Morgan fingerprint density at radius 3 is 2.47 bits per heavy atom. The van der Waals surface area contributed by atoms with Crippen LogP contribution >= 0.6 is 27.5 Å². The van der Waals surface area contributed by atoms with E-state index in [1.807, 2.05) is 0 Å². The Kier molecular flexibility index (Phi) is 5.58. The van der Waals surface area contributed by atoms with Crippen LogP contribution in [0.1, 0.15) is 44.6 Å². The van der Waals surface area contributed by atoms with Gasteiger partial charge in [-0.25, -0.2) is 0 Å². The first-order chi connectivity index (χ1) is 9.15. The predicted molar refractivity (Wildman–Crippen MR) is 88.1 cm³/mol. The molecule has 0 aliphatic heterocycles. The van der Waals surface area contributed by atoms with Gasteiger partial charge in [0, 0.05) is 23.4 Å². The summed E-state index contributed by atoms with van der Waals surface area (Å²) in [6, 6.07) is 7.13. The maximum Gasteiger partial charge on any atom is 0.0510 e. The van der Waals surface area contributed by atoms with E-state index in [2.05, 4.69) is 53.0 Å². The first-order valence-electron chi connectivity index (χ1n) is 7.23. The summed E-state index contributed by atoms with van der Waals surface area (Å²) < 4.78 is 1.16. The topological polar surface area (TPSA) is 3.24 Å². The van der Waals surface area contributed by atoms with Crippen molar-refractivity contribution in [3.8, 4) is 0 Å². The molecule has 0 bridgehead atoms. The monoisotopic (exact) mass is 343 g/mol. The average Bonchev–Trinajstić information content (AvgIpc) is 2.46. The minimum Gasteiger partial charge on any atom is -0.371 e. The van der Waals surface area contributed by atoms with Crippen LogP contribution in [-0.4, -0.2) is 13.1 Å². The van der Waals surface area contributed by atoms with Gasteiger partial charge in [-0.05, 0) is 65.2 Å². The normalized spacial score (nSPS) is 23.4. The molecular formula is C16H23BrClN. The number of halogens is 2. The van der Waals surface area contributed by atoms with Gasteiger partial charge < -0.3 is 4.90 Å². The van der Waals surface area contributed by atoms with Crippen molar-refractivity contribution in [3.63, 3.8) is 0 Å². The van der Waals surface area contributed by atoms with Crippen molar-refractivity contribution in [2.45, 2.75) is 50.9 Å². The lowest BCUT2D eigenvalue weighted by molar-refractivity contribution is 0.313. The van der Waals surface area contributed by atoms with Crippen LogP contribution in [0.25, 0.3) is 0 Å². The molecule has 0 amide bonds. The third kappa shape index (κ3) is 3.66. The van der Waals surface area contributed by atoms with Gasteiger partial charge >= 0.3 is 0 Å². The Balaban J connectivity index is 2.05. The molecule has 1 aromatic rings. The van der Waals surface area contributed by atoms with Crippen molar-refractivity contribution >= 4 is 33.2 Å². The molecule has 0 heterocycles. The first kappa shape index (κ1) is 15.2. The van der Waals surface area contributed by atoms with Gasteiger partial charge in [0.25, 0.3) is 0 Å². The fourth-order valence-electron chi connectivity index (χ4n) is 3.06. The van der Waals surface area contributed by atoms with Crippen LogP contribution in [0.4, 0.5) is 5.69 Å². The largest absolute Gasteiger partial charge is 0.371 e. The molecule has 106 valence electrons. The second kappa shape index (κ2) is 6.99. The highest BCUT2D eigenvalue weighted by atomic mass is 79.9. The summed E-state index contributed by atoms with van der Waals surface area (Å²) in [5, 5.41) is 0. The number of anilines is 1. The molecule has 0 spiro atoms. The van der Waals surface area contributed by atoms with Crippen molar-refractivity contribution < 1.29 is 0 Å². The number of hydrogen-bond acceptors (Lipinski definition) is 1. The fraction of sp³-hybridized carbons (Fsp3) is 0.625. The third-order valence-electron chi connectivity index (χ3n) is 4.49. The molecule has 19 heavy (non-hydrogen) atoms. The van der Waals surface area contributed by atoms with Crippen LogP contribution in [0.3, 0.4) is 0 Å². The number of alkyl halides is 1. The van der Waals surface area contributed by atoms with Crippen molar-refractivity contribution in [1.82, 2.24) is 0 Å². The van der Waals surface area contributed by atoms with Gasteiger partial charge in [-0.3, -0.25) is 0 Å². The Bertz CT molecular complexity index is 413. The van der Waals surface area contributed by atoms with Crippen LogP contribution < -0.4 is 4.90 Å². The molecule has 1 saturated carbocycles. The van der Waals surface area contributed by atoms with Gasteiger partial charge in [-0.2, -0.15) is 0 Å². The molecule has 0 radical (unpaired) electrons. The van der Waals surface area contributed by atoms with E-state index in [1.54, 1.807) is 0 Å². The van der Waals surface area contributed by atoms with E-state index >= 15 is 0 Å². The highest BCUT2D eigenvalue weighted by Crippen LogP contribution is 2.34. The summed E-state index contributed by atoms with van der Waals surface area (Å²) in [6.45, 7) is 2.32. The van der Waals surface area contributed by atoms with Gasteiger partial charge in [0.2, 0.25) is 0 Å². The highest BCUT2D eigenvalue weighted by Gasteiger charge is 2.24. The van der Waals surface area contributed by atoms with Gasteiger partial charge in [0.05, 0.1) is 5.69 Å². The zero-order valence-corrected chi connectivity index (χ0v) is 14.2. The molecule has 3 heteroatoms. The van der Waals surface area contributed by atoms with Gasteiger partial charge in [-0.1, -0.05) is 19.4 Å². The molecule has 0 atom stereocenters. The Morgan fingerprint density at radius 2 is 1.95 bits per heavy atom. The lowest BCUT2D eigenvalue weighted by Crippen LogP contribution is -2.35. The molecule has 1 aliphatic carbocycles. The second-order valence-corrected chi connectivity index (χ2v) is 6.73. The summed E-state index contributed by atoms with van der Waals surface area (Å²) in [5.74, 6) is 1.52. The molecule has 1 aliphatic rings. The summed E-state index contributed by atoms with van der Waals surface area (Å²) in [6.07, 6.45) is 6.73. The fourth-order valence-corrected chi connectivity index (χ4v) is 3.93. The van der Waals surface area contributed by atoms with E-state index in [4.69, 9.17) is 11.6 Å². The number of benzene rings is 1. The van der Waals surface area contributed by atoms with Crippen molar-refractivity contribution in [2.24, 2.45) is 5.92 Å². The van der Waals surface area contributed by atoms with Crippen LogP contribution in [0.5, 0.6) is 0 Å². The van der Waals surface area contributed by atoms with Crippen molar-refractivity contribution in [1.29, 1.82) is 0 Å². The minimum absolute atomic E-state index is 0.574. The zero-order valence-electron chi connectivity index (χ0n) is 11.8. The van der Waals surface area contributed by atoms with Crippen LogP contribution in [0.15, 0.2) is 22.7 Å². The van der Waals surface area contributed by atoms with Gasteiger partial charge in [-0.15, -0.1) is 11.6 Å². The molecular weight excluding hydrogens is 322 g/mol. The van der Waals surface area contributed by atoms with E-state index < -0.39 is 0 Å². The molecule has 0 unspecified atom stereocenters. The third-order valence-corrected chi connectivity index (χ3v) is 5.43. The summed E-state index contributed by atoms with van der Waals surface area (Å²) >= 11 is 9.56. The molecule has 0 aromatic heterocycles. The number of nitrogens with zero attached hydrogens (tertiary/aromatic N) is 1. The van der Waals surface area contributed by atoms with E-state index in [0.717, 1.165) is 10.4 Å². The van der Waals surface area contributed by atoms with Crippen LogP contribution in [0.2, 0.25) is 0 Å². The van der Waals surface area contributed by atoms with Crippen LogP contribution in [0, 0.1) is 5.92 Å². The van der Waals surface area contributed by atoms with E-state index in [9.17, 15) is 0 Å². The molecule has 0 saturated heterocycles. The zero-order chi connectivity index (χ0) is 13.8. The SMILES string of the molecule is CCC1CCC(N(C)c2ccc(CCl)cc2Br)CC1.